The molecule has 1 N–H and O–H groups in total. The molecule has 2 aliphatic rings. The van der Waals surface area contributed by atoms with Gasteiger partial charge in [-0.3, -0.25) is 4.79 Å². The third-order valence-electron chi connectivity index (χ3n) is 4.98. The fourth-order valence-electron chi connectivity index (χ4n) is 3.96. The average Bonchev–Trinajstić information content (AvgIpc) is 2.93. The van der Waals surface area contributed by atoms with E-state index in [1.54, 1.807) is 0 Å². The van der Waals surface area contributed by atoms with Crippen molar-refractivity contribution in [1.29, 1.82) is 0 Å². The van der Waals surface area contributed by atoms with E-state index in [0.717, 1.165) is 25.6 Å². The minimum Gasteiger partial charge on any atom is -0.378 e. The van der Waals surface area contributed by atoms with Gasteiger partial charge in [0.05, 0.1) is 19.3 Å². The quantitative estimate of drug-likeness (QED) is 0.818. The van der Waals surface area contributed by atoms with Crippen LogP contribution in [0.4, 0.5) is 0 Å². The van der Waals surface area contributed by atoms with E-state index < -0.39 is 0 Å². The molecule has 1 amide bonds. The van der Waals surface area contributed by atoms with Crippen molar-refractivity contribution in [3.63, 3.8) is 0 Å². The zero-order chi connectivity index (χ0) is 15.3. The second kappa shape index (κ2) is 7.59. The number of rotatable bonds is 6. The first kappa shape index (κ1) is 16.8. The summed E-state index contributed by atoms with van der Waals surface area (Å²) in [6, 6.07) is -0.0762. The molecule has 4 heteroatoms. The lowest BCUT2D eigenvalue weighted by molar-refractivity contribution is -0.137. The van der Waals surface area contributed by atoms with Crippen molar-refractivity contribution in [2.45, 2.75) is 58.9 Å². The normalized spacial score (nSPS) is 23.5. The van der Waals surface area contributed by atoms with E-state index in [9.17, 15) is 4.79 Å². The molecule has 0 aromatic heterocycles. The van der Waals surface area contributed by atoms with Gasteiger partial charge in [0.15, 0.2) is 0 Å². The molecule has 1 saturated heterocycles. The number of morpholine rings is 1. The first-order valence-electron chi connectivity index (χ1n) is 8.62. The summed E-state index contributed by atoms with van der Waals surface area (Å²) in [5, 5.41) is 3.54. The van der Waals surface area contributed by atoms with Crippen LogP contribution in [0.15, 0.2) is 0 Å². The van der Waals surface area contributed by atoms with Crippen LogP contribution in [0.5, 0.6) is 0 Å². The molecule has 1 heterocycles. The molecule has 1 aliphatic heterocycles. The topological polar surface area (TPSA) is 41.6 Å². The van der Waals surface area contributed by atoms with Crippen LogP contribution in [0.2, 0.25) is 0 Å². The Bertz CT molecular complexity index is 332. The molecular weight excluding hydrogens is 264 g/mol. The highest BCUT2D eigenvalue weighted by atomic mass is 16.5. The number of hydrogen-bond acceptors (Lipinski definition) is 3. The molecule has 0 radical (unpaired) electrons. The molecule has 0 aromatic carbocycles. The predicted molar refractivity (Wildman–Crippen MR) is 85.2 cm³/mol. The predicted octanol–water partition coefficient (Wildman–Crippen LogP) is 2.43. The number of carbonyl (C=O) groups is 1. The lowest BCUT2D eigenvalue weighted by Crippen LogP contribution is -2.51. The van der Waals surface area contributed by atoms with Gasteiger partial charge in [-0.2, -0.15) is 0 Å². The van der Waals surface area contributed by atoms with Crippen LogP contribution in [0.1, 0.15) is 52.9 Å². The van der Waals surface area contributed by atoms with Crippen LogP contribution in [-0.2, 0) is 9.53 Å². The van der Waals surface area contributed by atoms with Crippen LogP contribution in [0, 0.1) is 11.3 Å². The fraction of sp³-hybridized carbons (Fsp3) is 0.941. The molecular formula is C17H32N2O2. The second-order valence-corrected chi connectivity index (χ2v) is 7.35. The lowest BCUT2D eigenvalue weighted by Gasteiger charge is -2.34. The monoisotopic (exact) mass is 296 g/mol. The van der Waals surface area contributed by atoms with Gasteiger partial charge >= 0.3 is 0 Å². The van der Waals surface area contributed by atoms with Gasteiger partial charge in [-0.25, -0.2) is 0 Å². The largest absolute Gasteiger partial charge is 0.378 e. The van der Waals surface area contributed by atoms with E-state index in [0.29, 0.717) is 18.6 Å². The highest BCUT2D eigenvalue weighted by Crippen LogP contribution is 2.42. The standard InChI is InChI=1S/C17H32N2O2/c1-14(2)12-17(6-4-5-7-17)13-18-15(3)16(20)19-8-10-21-11-9-19/h14-15,18H,4-13H2,1-3H3. The lowest BCUT2D eigenvalue weighted by atomic mass is 9.78. The summed E-state index contributed by atoms with van der Waals surface area (Å²) in [5.41, 5.74) is 0.424. The number of hydrogen-bond donors (Lipinski definition) is 1. The van der Waals surface area contributed by atoms with Crippen molar-refractivity contribution in [1.82, 2.24) is 10.2 Å². The van der Waals surface area contributed by atoms with Gasteiger partial charge < -0.3 is 15.0 Å². The van der Waals surface area contributed by atoms with Crippen LogP contribution >= 0.6 is 0 Å². The van der Waals surface area contributed by atoms with Crippen LogP contribution in [-0.4, -0.2) is 49.7 Å². The number of nitrogens with zero attached hydrogens (tertiary/aromatic N) is 1. The van der Waals surface area contributed by atoms with Crippen molar-refractivity contribution >= 4 is 5.91 Å². The highest BCUT2D eigenvalue weighted by molar-refractivity contribution is 5.81. The molecule has 2 rings (SSSR count). The van der Waals surface area contributed by atoms with Crippen molar-refractivity contribution < 1.29 is 9.53 Å². The molecule has 1 unspecified atom stereocenters. The van der Waals surface area contributed by atoms with Crippen molar-refractivity contribution in [3.05, 3.63) is 0 Å². The summed E-state index contributed by atoms with van der Waals surface area (Å²) in [4.78, 5) is 14.4. The number of ether oxygens (including phenoxy) is 1. The maximum Gasteiger partial charge on any atom is 0.239 e. The molecule has 1 saturated carbocycles. The Labute approximate surface area is 129 Å². The van der Waals surface area contributed by atoms with Crippen LogP contribution < -0.4 is 5.32 Å². The summed E-state index contributed by atoms with van der Waals surface area (Å²) in [7, 11) is 0. The van der Waals surface area contributed by atoms with Gasteiger partial charge in [-0.05, 0) is 37.5 Å². The first-order chi connectivity index (χ1) is 10.0. The molecule has 0 bridgehead atoms. The average molecular weight is 296 g/mol. The van der Waals surface area contributed by atoms with Gasteiger partial charge in [-0.1, -0.05) is 26.7 Å². The van der Waals surface area contributed by atoms with Crippen molar-refractivity contribution in [2.75, 3.05) is 32.8 Å². The van der Waals surface area contributed by atoms with Gasteiger partial charge in [0.25, 0.3) is 0 Å². The van der Waals surface area contributed by atoms with Crippen molar-refractivity contribution in [2.24, 2.45) is 11.3 Å². The maximum atomic E-state index is 12.4. The molecule has 0 spiro atoms. The van der Waals surface area contributed by atoms with E-state index in [4.69, 9.17) is 4.74 Å². The van der Waals surface area contributed by atoms with Gasteiger partial charge in [0.1, 0.15) is 0 Å². The third kappa shape index (κ3) is 4.68. The van der Waals surface area contributed by atoms with E-state index in [1.165, 1.54) is 32.1 Å². The van der Waals surface area contributed by atoms with Crippen LogP contribution in [0.3, 0.4) is 0 Å². The molecule has 1 atom stereocenters. The SMILES string of the molecule is CC(C)CC1(CNC(C)C(=O)N2CCOCC2)CCCC1. The smallest absolute Gasteiger partial charge is 0.239 e. The Hall–Kier alpha value is -0.610. The van der Waals surface area contributed by atoms with E-state index in [1.807, 2.05) is 11.8 Å². The molecule has 0 aromatic rings. The van der Waals surface area contributed by atoms with E-state index >= 15 is 0 Å². The number of nitrogens with one attached hydrogen (secondary N) is 1. The Kier molecular flexibility index (Phi) is 6.06. The third-order valence-corrected chi connectivity index (χ3v) is 4.98. The maximum absolute atomic E-state index is 12.4. The highest BCUT2D eigenvalue weighted by Gasteiger charge is 2.35. The number of amides is 1. The summed E-state index contributed by atoms with van der Waals surface area (Å²) >= 11 is 0. The fourth-order valence-corrected chi connectivity index (χ4v) is 3.96. The molecule has 21 heavy (non-hydrogen) atoms. The van der Waals surface area contributed by atoms with Crippen molar-refractivity contribution in [3.8, 4) is 0 Å². The summed E-state index contributed by atoms with van der Waals surface area (Å²) in [6.45, 7) is 10.4. The van der Waals surface area contributed by atoms with Gasteiger partial charge in [0, 0.05) is 19.6 Å². The summed E-state index contributed by atoms with van der Waals surface area (Å²) in [5.74, 6) is 0.964. The Morgan fingerprint density at radius 2 is 1.81 bits per heavy atom. The second-order valence-electron chi connectivity index (χ2n) is 7.35. The zero-order valence-electron chi connectivity index (χ0n) is 14.0. The summed E-state index contributed by atoms with van der Waals surface area (Å²) < 4.78 is 5.32. The minimum absolute atomic E-state index is 0.0762. The van der Waals surface area contributed by atoms with E-state index in [2.05, 4.69) is 19.2 Å². The minimum atomic E-state index is -0.0762. The van der Waals surface area contributed by atoms with E-state index in [-0.39, 0.29) is 11.9 Å². The Balaban J connectivity index is 1.83. The zero-order valence-corrected chi connectivity index (χ0v) is 14.0. The Morgan fingerprint density at radius 1 is 1.19 bits per heavy atom. The molecule has 4 nitrogen and oxygen atoms in total. The molecule has 2 fully saturated rings. The summed E-state index contributed by atoms with van der Waals surface area (Å²) in [6.07, 6.45) is 6.60. The van der Waals surface area contributed by atoms with Crippen LogP contribution in [0.25, 0.3) is 0 Å². The number of carbonyl (C=O) groups excluding carboxylic acids is 1. The Morgan fingerprint density at radius 3 is 2.38 bits per heavy atom. The van der Waals surface area contributed by atoms with Gasteiger partial charge in [-0.15, -0.1) is 0 Å². The first-order valence-corrected chi connectivity index (χ1v) is 8.62. The van der Waals surface area contributed by atoms with Gasteiger partial charge in [0.2, 0.25) is 5.91 Å². The molecule has 122 valence electrons. The molecule has 1 aliphatic carbocycles.